The van der Waals surface area contributed by atoms with Crippen LogP contribution in [0.3, 0.4) is 0 Å². The van der Waals surface area contributed by atoms with Gasteiger partial charge in [0.05, 0.1) is 11.1 Å². The van der Waals surface area contributed by atoms with Crippen LogP contribution in [-0.2, 0) is 12.4 Å². The van der Waals surface area contributed by atoms with Gasteiger partial charge in [0.15, 0.2) is 0 Å². The summed E-state index contributed by atoms with van der Waals surface area (Å²) in [4.78, 5) is 3.61. The lowest BCUT2D eigenvalue weighted by Gasteiger charge is -2.26. The number of benzene rings is 9. The Balaban J connectivity index is 0.992. The molecule has 10 heteroatoms. The summed E-state index contributed by atoms with van der Waals surface area (Å²) in [5.74, 6) is 0. The van der Waals surface area contributed by atoms with Gasteiger partial charge in [0.25, 0.3) is 0 Å². The number of nitrogens with zero attached hydrogens (tertiary/aromatic N) is 2. The monoisotopic (exact) mass is 828 g/mol. The lowest BCUT2D eigenvalue weighted by Crippen LogP contribution is -2.12. The summed E-state index contributed by atoms with van der Waals surface area (Å²) in [5, 5.41) is 7.01. The van der Waals surface area contributed by atoms with Crippen LogP contribution in [0.25, 0.3) is 65.4 Å². The summed E-state index contributed by atoms with van der Waals surface area (Å²) in [6, 6.07) is 52.7. The predicted molar refractivity (Wildman–Crippen MR) is 235 cm³/mol. The van der Waals surface area contributed by atoms with Crippen molar-refractivity contribution in [2.75, 3.05) is 9.80 Å². The number of furan rings is 2. The summed E-state index contributed by atoms with van der Waals surface area (Å²) in [7, 11) is 0. The maximum atomic E-state index is 13.8. The van der Waals surface area contributed by atoms with E-state index in [-0.39, 0.29) is 0 Å². The molecule has 0 saturated heterocycles. The molecule has 0 aliphatic rings. The van der Waals surface area contributed by atoms with E-state index in [0.29, 0.717) is 56.5 Å². The van der Waals surface area contributed by atoms with Crippen molar-refractivity contribution >= 4 is 99.5 Å². The lowest BCUT2D eigenvalue weighted by atomic mass is 10.0. The van der Waals surface area contributed by atoms with Gasteiger partial charge in [-0.1, -0.05) is 60.7 Å². The average Bonchev–Trinajstić information content (AvgIpc) is 3.80. The quantitative estimate of drug-likeness (QED) is 0.156. The number of anilines is 6. The molecule has 0 saturated carbocycles. The van der Waals surface area contributed by atoms with Crippen LogP contribution in [0, 0.1) is 0 Å². The van der Waals surface area contributed by atoms with Crippen LogP contribution in [0.15, 0.2) is 191 Å². The van der Waals surface area contributed by atoms with Crippen molar-refractivity contribution in [1.82, 2.24) is 0 Å². The molecule has 62 heavy (non-hydrogen) atoms. The summed E-state index contributed by atoms with van der Waals surface area (Å²) >= 11 is 0. The molecular formula is C52H30F6N2O2. The molecule has 4 nitrogen and oxygen atoms in total. The minimum absolute atomic E-state index is 0.377. The van der Waals surface area contributed by atoms with E-state index in [1.807, 2.05) is 133 Å². The van der Waals surface area contributed by atoms with Crippen LogP contribution >= 0.6 is 0 Å². The smallest absolute Gasteiger partial charge is 0.416 e. The van der Waals surface area contributed by atoms with Crippen LogP contribution in [0.4, 0.5) is 60.5 Å². The van der Waals surface area contributed by atoms with Gasteiger partial charge in [0.2, 0.25) is 0 Å². The molecule has 0 bridgehead atoms. The van der Waals surface area contributed by atoms with E-state index in [0.717, 1.165) is 67.4 Å². The molecular weight excluding hydrogens is 799 g/mol. The molecule has 9 aromatic carbocycles. The highest BCUT2D eigenvalue weighted by Gasteiger charge is 2.32. The Bertz CT molecular complexity index is 3280. The third-order valence-electron chi connectivity index (χ3n) is 11.4. The summed E-state index contributed by atoms with van der Waals surface area (Å²) in [5.41, 5.74) is 4.70. The predicted octanol–water partition coefficient (Wildman–Crippen LogP) is 16.8. The number of halogens is 6. The van der Waals surface area contributed by atoms with Crippen molar-refractivity contribution in [3.05, 3.63) is 193 Å². The zero-order valence-electron chi connectivity index (χ0n) is 32.3. The lowest BCUT2D eigenvalue weighted by molar-refractivity contribution is -0.138. The number of hydrogen-bond acceptors (Lipinski definition) is 4. The average molecular weight is 829 g/mol. The van der Waals surface area contributed by atoms with E-state index in [4.69, 9.17) is 8.83 Å². The highest BCUT2D eigenvalue weighted by molar-refractivity contribution is 6.18. The van der Waals surface area contributed by atoms with Crippen molar-refractivity contribution in [2.24, 2.45) is 0 Å². The highest BCUT2D eigenvalue weighted by Crippen LogP contribution is 2.44. The molecule has 302 valence electrons. The zero-order valence-corrected chi connectivity index (χ0v) is 32.3. The van der Waals surface area contributed by atoms with Crippen molar-refractivity contribution in [2.45, 2.75) is 12.4 Å². The maximum absolute atomic E-state index is 13.8. The van der Waals surface area contributed by atoms with Crippen molar-refractivity contribution < 1.29 is 35.2 Å². The van der Waals surface area contributed by atoms with Crippen molar-refractivity contribution in [3.8, 4) is 0 Å². The fourth-order valence-electron chi connectivity index (χ4n) is 8.47. The number of rotatable bonds is 6. The number of alkyl halides is 6. The number of fused-ring (bicyclic) bond motifs is 8. The van der Waals surface area contributed by atoms with Gasteiger partial charge in [-0.25, -0.2) is 0 Å². The Morgan fingerprint density at radius 2 is 0.645 bits per heavy atom. The van der Waals surface area contributed by atoms with E-state index in [1.165, 1.54) is 12.1 Å². The molecule has 0 atom stereocenters. The van der Waals surface area contributed by atoms with Crippen molar-refractivity contribution in [1.29, 1.82) is 0 Å². The number of para-hydroxylation sites is 2. The maximum Gasteiger partial charge on any atom is 0.416 e. The molecule has 0 fully saturated rings. The summed E-state index contributed by atoms with van der Waals surface area (Å²) in [6.07, 6.45) is -8.99. The Morgan fingerprint density at radius 3 is 1.05 bits per heavy atom. The molecule has 0 aliphatic carbocycles. The van der Waals surface area contributed by atoms with Gasteiger partial charge < -0.3 is 18.6 Å². The second-order valence-electron chi connectivity index (χ2n) is 15.2. The van der Waals surface area contributed by atoms with Gasteiger partial charge in [-0.05, 0) is 143 Å². The molecule has 0 N–H and O–H groups in total. The SMILES string of the molecule is FC(F)(F)c1cccc(N(c2ccccc2)c2ccc3cc4c(cc3c2)oc2cc3c(cc24)oc2cc4cc(N(c5ccccc5)c5cccc(C(F)(F)F)c5)ccc4cc23)c1. The molecule has 0 aliphatic heterocycles. The largest absolute Gasteiger partial charge is 0.456 e. The van der Waals surface area contributed by atoms with E-state index in [2.05, 4.69) is 0 Å². The molecule has 0 radical (unpaired) electrons. The van der Waals surface area contributed by atoms with E-state index < -0.39 is 23.5 Å². The third-order valence-corrected chi connectivity index (χ3v) is 11.4. The molecule has 11 rings (SSSR count). The Morgan fingerprint density at radius 1 is 0.290 bits per heavy atom. The number of hydrogen-bond donors (Lipinski definition) is 0. The minimum atomic E-state index is -4.49. The molecule has 0 spiro atoms. The topological polar surface area (TPSA) is 32.8 Å². The van der Waals surface area contributed by atoms with Gasteiger partial charge in [-0.15, -0.1) is 0 Å². The van der Waals surface area contributed by atoms with Crippen LogP contribution in [0.5, 0.6) is 0 Å². The van der Waals surface area contributed by atoms with Crippen LogP contribution < -0.4 is 9.80 Å². The molecule has 0 unspecified atom stereocenters. The first-order valence-corrected chi connectivity index (χ1v) is 19.7. The second-order valence-corrected chi connectivity index (χ2v) is 15.2. The Labute approximate surface area is 349 Å². The first kappa shape index (κ1) is 37.3. The highest BCUT2D eigenvalue weighted by atomic mass is 19.4. The summed E-state index contributed by atoms with van der Waals surface area (Å²) in [6.45, 7) is 0. The van der Waals surface area contributed by atoms with Gasteiger partial charge in [-0.3, -0.25) is 0 Å². The van der Waals surface area contributed by atoms with Crippen LogP contribution in [-0.4, -0.2) is 0 Å². The standard InChI is InChI=1S/C52H30F6N2O2/c53-51(54,55)35-9-7-15-39(27-35)59(37-11-3-1-4-12-37)41-19-17-31-23-43-45-29-50-46(30-49(45)61-47(43)25-33(31)21-41)44-24-32-18-20-42(22-34(32)26-48(44)62-50)60(38-13-5-2-6-14-38)40-16-8-10-36(28-40)52(56,57)58/h1-30H. The second kappa shape index (κ2) is 13.9. The molecule has 2 heterocycles. The zero-order chi connectivity index (χ0) is 42.3. The van der Waals surface area contributed by atoms with E-state index in [1.54, 1.807) is 21.9 Å². The summed E-state index contributed by atoms with van der Waals surface area (Å²) < 4.78 is 95.8. The normalized spacial score (nSPS) is 12.4. The van der Waals surface area contributed by atoms with Gasteiger partial charge >= 0.3 is 12.4 Å². The van der Waals surface area contributed by atoms with Gasteiger partial charge in [0, 0.05) is 55.7 Å². The first-order valence-electron chi connectivity index (χ1n) is 19.7. The van der Waals surface area contributed by atoms with Gasteiger partial charge in [-0.2, -0.15) is 26.3 Å². The molecule has 2 aromatic heterocycles. The van der Waals surface area contributed by atoms with E-state index in [9.17, 15) is 26.3 Å². The Kier molecular flexibility index (Phi) is 8.37. The molecule has 0 amide bonds. The fraction of sp³-hybridized carbons (Fsp3) is 0.0385. The third kappa shape index (κ3) is 6.42. The first-order chi connectivity index (χ1) is 29.9. The van der Waals surface area contributed by atoms with Crippen LogP contribution in [0.2, 0.25) is 0 Å². The van der Waals surface area contributed by atoms with E-state index >= 15 is 0 Å². The minimum Gasteiger partial charge on any atom is -0.456 e. The fourth-order valence-corrected chi connectivity index (χ4v) is 8.47. The van der Waals surface area contributed by atoms with Crippen LogP contribution in [0.1, 0.15) is 11.1 Å². The molecule has 11 aromatic rings. The Hall–Kier alpha value is -7.72. The van der Waals surface area contributed by atoms with Gasteiger partial charge in [0.1, 0.15) is 22.3 Å². The van der Waals surface area contributed by atoms with Crippen molar-refractivity contribution in [3.63, 3.8) is 0 Å².